The monoisotopic (exact) mass is 547 g/mol. The maximum absolute atomic E-state index is 11.9. The molecule has 1 atom stereocenters. The van der Waals surface area contributed by atoms with E-state index in [2.05, 4.69) is 14.9 Å². The SMILES string of the molecule is CCOC(=O)C(=Cc1ccc(N2CCC(NC[C@@H](O)c3ccc(O)c(NS(C)(=O)=O)c3)CC2)cc1)C(=O)O. The molecule has 2 aromatic carbocycles. The quantitative estimate of drug-likeness (QED) is 0.0924. The molecule has 0 aromatic heterocycles. The van der Waals surface area contributed by atoms with Gasteiger partial charge in [0.25, 0.3) is 0 Å². The molecule has 0 aliphatic carbocycles. The van der Waals surface area contributed by atoms with Crippen molar-refractivity contribution < 1.29 is 38.1 Å². The van der Waals surface area contributed by atoms with Crippen LogP contribution in [0.25, 0.3) is 6.08 Å². The maximum Gasteiger partial charge on any atom is 0.345 e. The highest BCUT2D eigenvalue weighted by Crippen LogP contribution is 2.28. The van der Waals surface area contributed by atoms with Crippen molar-refractivity contribution in [2.24, 2.45) is 0 Å². The number of piperidine rings is 1. The van der Waals surface area contributed by atoms with Crippen molar-refractivity contribution in [3.05, 3.63) is 59.2 Å². The molecule has 11 nitrogen and oxygen atoms in total. The Morgan fingerprint density at radius 3 is 2.39 bits per heavy atom. The van der Waals surface area contributed by atoms with Crippen LogP contribution in [-0.4, -0.2) is 74.2 Å². The Kier molecular flexibility index (Phi) is 9.72. The minimum Gasteiger partial charge on any atom is -0.506 e. The fourth-order valence-electron chi connectivity index (χ4n) is 4.15. The maximum atomic E-state index is 11.9. The van der Waals surface area contributed by atoms with Gasteiger partial charge in [-0.05, 0) is 61.2 Å². The number of benzene rings is 2. The number of hydrogen-bond acceptors (Lipinski definition) is 9. The molecule has 12 heteroatoms. The molecule has 3 rings (SSSR count). The number of aliphatic carboxylic acids is 1. The first-order valence-corrected chi connectivity index (χ1v) is 14.0. The van der Waals surface area contributed by atoms with E-state index in [0.717, 1.165) is 37.9 Å². The molecule has 1 saturated heterocycles. The van der Waals surface area contributed by atoms with E-state index in [1.54, 1.807) is 25.1 Å². The topological polar surface area (TPSA) is 165 Å². The number of carboxylic acid groups (broad SMARTS) is 1. The third-order valence-corrected chi connectivity index (χ3v) is 6.68. The van der Waals surface area contributed by atoms with E-state index in [4.69, 9.17) is 4.74 Å². The normalized spacial score (nSPS) is 15.7. The number of hydrogen-bond donors (Lipinski definition) is 5. The molecule has 38 heavy (non-hydrogen) atoms. The molecule has 1 aliphatic rings. The number of esters is 1. The summed E-state index contributed by atoms with van der Waals surface area (Å²) in [6.45, 7) is 3.51. The van der Waals surface area contributed by atoms with Gasteiger partial charge in [0.1, 0.15) is 11.3 Å². The molecule has 2 aromatic rings. The molecule has 0 bridgehead atoms. The van der Waals surface area contributed by atoms with E-state index in [0.29, 0.717) is 11.1 Å². The standard InChI is InChI=1S/C26H33N3O8S/c1-3-37-26(34)21(25(32)33)14-17-4-7-20(8-5-17)29-12-10-19(11-13-29)27-16-24(31)18-6-9-23(30)22(15-18)28-38(2,35)36/h4-9,14-15,19,24,27-28,30-31H,3,10-13,16H2,1-2H3,(H,32,33)/t24-/m1/s1. The van der Waals surface area contributed by atoms with Crippen LogP contribution < -0.4 is 14.9 Å². The van der Waals surface area contributed by atoms with Crippen molar-refractivity contribution in [3.8, 4) is 5.75 Å². The van der Waals surface area contributed by atoms with Crippen molar-refractivity contribution in [3.63, 3.8) is 0 Å². The molecule has 1 aliphatic heterocycles. The highest BCUT2D eigenvalue weighted by Gasteiger charge is 2.22. The summed E-state index contributed by atoms with van der Waals surface area (Å²) in [6.07, 6.45) is 3.05. The molecule has 5 N–H and O–H groups in total. The Labute approximate surface area is 221 Å². The molecule has 0 amide bonds. The lowest BCUT2D eigenvalue weighted by molar-refractivity contribution is -0.143. The van der Waals surface area contributed by atoms with Crippen LogP contribution in [0.1, 0.15) is 37.0 Å². The lowest BCUT2D eigenvalue weighted by Crippen LogP contribution is -2.43. The molecule has 1 heterocycles. The summed E-state index contributed by atoms with van der Waals surface area (Å²) in [7, 11) is -3.57. The average molecular weight is 548 g/mol. The van der Waals surface area contributed by atoms with Gasteiger partial charge in [-0.2, -0.15) is 0 Å². The zero-order chi connectivity index (χ0) is 27.9. The van der Waals surface area contributed by atoms with Crippen molar-refractivity contribution in [1.82, 2.24) is 5.32 Å². The molecular formula is C26H33N3O8S. The number of aliphatic hydroxyl groups is 1. The second-order valence-electron chi connectivity index (χ2n) is 9.01. The second-order valence-corrected chi connectivity index (χ2v) is 10.8. The number of aliphatic hydroxyl groups excluding tert-OH is 1. The van der Waals surface area contributed by atoms with E-state index < -0.39 is 33.6 Å². The number of anilines is 2. The highest BCUT2D eigenvalue weighted by molar-refractivity contribution is 7.92. The van der Waals surface area contributed by atoms with Gasteiger partial charge in [0.15, 0.2) is 0 Å². The Bertz CT molecular complexity index is 1270. The molecule has 0 unspecified atom stereocenters. The highest BCUT2D eigenvalue weighted by atomic mass is 32.2. The fraction of sp³-hybridized carbons (Fsp3) is 0.385. The van der Waals surface area contributed by atoms with Gasteiger partial charge in [0.2, 0.25) is 10.0 Å². The molecule has 1 fully saturated rings. The zero-order valence-corrected chi connectivity index (χ0v) is 22.1. The summed E-state index contributed by atoms with van der Waals surface area (Å²) in [5.74, 6) is -2.44. The largest absolute Gasteiger partial charge is 0.506 e. The Balaban J connectivity index is 1.53. The van der Waals surface area contributed by atoms with Crippen LogP contribution in [-0.2, 0) is 24.3 Å². The first kappa shape index (κ1) is 29.0. The number of rotatable bonds is 11. The fourth-order valence-corrected chi connectivity index (χ4v) is 4.71. The average Bonchev–Trinajstić information content (AvgIpc) is 2.87. The summed E-state index contributed by atoms with van der Waals surface area (Å²) in [5, 5.41) is 33.1. The van der Waals surface area contributed by atoms with Gasteiger partial charge >= 0.3 is 11.9 Å². The summed E-state index contributed by atoms with van der Waals surface area (Å²) in [5.41, 5.74) is 1.61. The molecular weight excluding hydrogens is 514 g/mol. The molecule has 206 valence electrons. The number of phenolic OH excluding ortho intramolecular Hbond substituents is 1. The zero-order valence-electron chi connectivity index (χ0n) is 21.3. The van der Waals surface area contributed by atoms with Crippen LogP contribution in [0.4, 0.5) is 11.4 Å². The van der Waals surface area contributed by atoms with Gasteiger partial charge in [-0.3, -0.25) is 4.72 Å². The van der Waals surface area contributed by atoms with Crippen molar-refractivity contribution in [1.29, 1.82) is 0 Å². The van der Waals surface area contributed by atoms with Crippen molar-refractivity contribution >= 4 is 39.4 Å². The Morgan fingerprint density at radius 1 is 1.16 bits per heavy atom. The van der Waals surface area contributed by atoms with Gasteiger partial charge in [-0.25, -0.2) is 18.0 Å². The summed E-state index contributed by atoms with van der Waals surface area (Å²) < 4.78 is 30.0. The Hall–Kier alpha value is -3.61. The van der Waals surface area contributed by atoms with Crippen molar-refractivity contribution in [2.75, 3.05) is 42.1 Å². The van der Waals surface area contributed by atoms with E-state index in [1.165, 1.54) is 18.2 Å². The van der Waals surface area contributed by atoms with Gasteiger partial charge in [-0.15, -0.1) is 0 Å². The number of carboxylic acids is 1. The summed E-state index contributed by atoms with van der Waals surface area (Å²) >= 11 is 0. The molecule has 0 radical (unpaired) electrons. The summed E-state index contributed by atoms with van der Waals surface area (Å²) in [6, 6.07) is 11.7. The van der Waals surface area contributed by atoms with Gasteiger partial charge < -0.3 is 30.3 Å². The first-order chi connectivity index (χ1) is 18.0. The van der Waals surface area contributed by atoms with Crippen LogP contribution in [0, 0.1) is 0 Å². The lowest BCUT2D eigenvalue weighted by Gasteiger charge is -2.34. The number of carbonyl (C=O) groups excluding carboxylic acids is 1. The first-order valence-electron chi connectivity index (χ1n) is 12.2. The van der Waals surface area contributed by atoms with Crippen LogP contribution >= 0.6 is 0 Å². The minimum atomic E-state index is -3.57. The number of ether oxygens (including phenoxy) is 1. The van der Waals surface area contributed by atoms with E-state index in [-0.39, 0.29) is 30.6 Å². The molecule has 0 saturated carbocycles. The summed E-state index contributed by atoms with van der Waals surface area (Å²) in [4.78, 5) is 25.4. The van der Waals surface area contributed by atoms with Gasteiger partial charge in [0, 0.05) is 31.4 Å². The van der Waals surface area contributed by atoms with Crippen LogP contribution in [0.5, 0.6) is 5.75 Å². The van der Waals surface area contributed by atoms with E-state index in [9.17, 15) is 33.3 Å². The Morgan fingerprint density at radius 2 is 1.82 bits per heavy atom. The predicted octanol–water partition coefficient (Wildman–Crippen LogP) is 2.09. The smallest absolute Gasteiger partial charge is 0.345 e. The predicted molar refractivity (Wildman–Crippen MR) is 143 cm³/mol. The number of phenols is 1. The second kappa shape index (κ2) is 12.8. The lowest BCUT2D eigenvalue weighted by atomic mass is 10.0. The number of nitrogens with one attached hydrogen (secondary N) is 2. The molecule has 0 spiro atoms. The van der Waals surface area contributed by atoms with Crippen molar-refractivity contribution in [2.45, 2.75) is 31.9 Å². The van der Waals surface area contributed by atoms with E-state index in [1.807, 2.05) is 12.1 Å². The van der Waals surface area contributed by atoms with Gasteiger partial charge in [0.05, 0.1) is 24.7 Å². The third kappa shape index (κ3) is 8.20. The number of carbonyl (C=O) groups is 2. The third-order valence-electron chi connectivity index (χ3n) is 6.09. The number of sulfonamides is 1. The minimum absolute atomic E-state index is 0.0129. The van der Waals surface area contributed by atoms with Crippen LogP contribution in [0.3, 0.4) is 0 Å². The van der Waals surface area contributed by atoms with Gasteiger partial charge in [-0.1, -0.05) is 18.2 Å². The van der Waals surface area contributed by atoms with Crippen LogP contribution in [0.2, 0.25) is 0 Å². The number of nitrogens with zero attached hydrogens (tertiary/aromatic N) is 1. The van der Waals surface area contributed by atoms with E-state index >= 15 is 0 Å². The number of aromatic hydroxyl groups is 1. The van der Waals surface area contributed by atoms with Crippen LogP contribution in [0.15, 0.2) is 48.0 Å².